The molecule has 3 rings (SSSR count). The number of nitrogens with zero attached hydrogens (tertiary/aromatic N) is 1. The number of methoxy groups -OCH3 is 1. The number of hydrogen-bond acceptors (Lipinski definition) is 7. The van der Waals surface area contributed by atoms with Gasteiger partial charge in [-0.25, -0.2) is 0 Å². The van der Waals surface area contributed by atoms with Gasteiger partial charge in [0.15, 0.2) is 11.5 Å². The van der Waals surface area contributed by atoms with Crippen molar-refractivity contribution in [3.8, 4) is 11.5 Å². The van der Waals surface area contributed by atoms with Gasteiger partial charge in [-0.15, -0.1) is 0 Å². The van der Waals surface area contributed by atoms with Crippen LogP contribution < -0.4 is 9.47 Å². The maximum Gasteiger partial charge on any atom is 0.326 e. The smallest absolute Gasteiger partial charge is 0.326 e. The first-order chi connectivity index (χ1) is 16.3. The first-order valence-electron chi connectivity index (χ1n) is 10.5. The van der Waals surface area contributed by atoms with Crippen molar-refractivity contribution in [1.29, 1.82) is 0 Å². The van der Waals surface area contributed by atoms with E-state index in [1.807, 2.05) is 25.1 Å². The Morgan fingerprint density at radius 1 is 1.24 bits per heavy atom. The zero-order valence-electron chi connectivity index (χ0n) is 18.6. The summed E-state index contributed by atoms with van der Waals surface area (Å²) in [5, 5.41) is 0.0774. The summed E-state index contributed by atoms with van der Waals surface area (Å²) in [6.45, 7) is 2.06. The minimum atomic E-state index is -0.610. The number of imide groups is 1. The molecule has 0 atom stereocenters. The summed E-state index contributed by atoms with van der Waals surface area (Å²) in [6.07, 6.45) is 3.17. The Bertz CT molecular complexity index is 1120. The number of carbonyl (C=O) groups excluding carboxylic acids is 3. The second-order valence-corrected chi connectivity index (χ2v) is 9.51. The number of thioether (sulfide) groups is 1. The van der Waals surface area contributed by atoms with Gasteiger partial charge in [-0.1, -0.05) is 43.1 Å². The van der Waals surface area contributed by atoms with Gasteiger partial charge in [0.2, 0.25) is 0 Å². The summed E-state index contributed by atoms with van der Waals surface area (Å²) < 4.78 is 17.1. The summed E-state index contributed by atoms with van der Waals surface area (Å²) in [5.41, 5.74) is 1.44. The van der Waals surface area contributed by atoms with Crippen LogP contribution in [0.15, 0.2) is 45.8 Å². The third-order valence-corrected chi connectivity index (χ3v) is 6.67. The van der Waals surface area contributed by atoms with Crippen molar-refractivity contribution < 1.29 is 28.6 Å². The number of rotatable bonds is 10. The number of amides is 2. The lowest BCUT2D eigenvalue weighted by molar-refractivity contribution is -0.146. The first kappa shape index (κ1) is 26.1. The molecule has 0 aliphatic carbocycles. The SMILES string of the molecule is CCCCOC(=O)CN1C(=O)S/C(=C/c2cc(Br)c(OCc3ccccc3Cl)c(OC)c2)C1=O. The standard InChI is InChI=1S/C24H23BrClNO6S/c1-3-4-9-32-21(28)13-27-23(29)20(34-24(27)30)12-15-10-17(25)22(19(11-15)31-2)33-14-16-7-5-6-8-18(16)26/h5-8,10-12H,3-4,9,13-14H2,1-2H3/b20-12+. The zero-order valence-corrected chi connectivity index (χ0v) is 21.8. The molecule has 0 bridgehead atoms. The molecular formula is C24H23BrClNO6S. The van der Waals surface area contributed by atoms with Crippen molar-refractivity contribution in [2.24, 2.45) is 0 Å². The van der Waals surface area contributed by atoms with Crippen LogP contribution in [0.25, 0.3) is 6.08 Å². The van der Waals surface area contributed by atoms with E-state index < -0.39 is 23.7 Å². The van der Waals surface area contributed by atoms with Gasteiger partial charge < -0.3 is 14.2 Å². The monoisotopic (exact) mass is 567 g/mol. The molecule has 0 unspecified atom stereocenters. The van der Waals surface area contributed by atoms with E-state index in [2.05, 4.69) is 15.9 Å². The summed E-state index contributed by atoms with van der Waals surface area (Å²) in [6, 6.07) is 10.8. The summed E-state index contributed by atoms with van der Waals surface area (Å²) in [4.78, 5) is 38.0. The molecule has 0 radical (unpaired) electrons. The van der Waals surface area contributed by atoms with E-state index >= 15 is 0 Å². The van der Waals surface area contributed by atoms with Crippen molar-refractivity contribution in [2.45, 2.75) is 26.4 Å². The molecule has 1 saturated heterocycles. The van der Waals surface area contributed by atoms with E-state index in [9.17, 15) is 14.4 Å². The fourth-order valence-corrected chi connectivity index (χ4v) is 4.62. The quantitative estimate of drug-likeness (QED) is 0.195. The van der Waals surface area contributed by atoms with E-state index in [1.165, 1.54) is 7.11 Å². The molecule has 1 fully saturated rings. The van der Waals surface area contributed by atoms with Gasteiger partial charge in [0, 0.05) is 10.6 Å². The van der Waals surface area contributed by atoms with E-state index in [-0.39, 0.29) is 18.1 Å². The average molecular weight is 569 g/mol. The highest BCUT2D eigenvalue weighted by atomic mass is 79.9. The highest BCUT2D eigenvalue weighted by Gasteiger charge is 2.36. The molecule has 0 saturated carbocycles. The minimum absolute atomic E-state index is 0.199. The van der Waals surface area contributed by atoms with E-state index in [4.69, 9.17) is 25.8 Å². The Balaban J connectivity index is 1.74. The van der Waals surface area contributed by atoms with Gasteiger partial charge in [0.05, 0.1) is 23.1 Å². The van der Waals surface area contributed by atoms with Crippen LogP contribution in [0, 0.1) is 0 Å². The van der Waals surface area contributed by atoms with Gasteiger partial charge >= 0.3 is 5.97 Å². The largest absolute Gasteiger partial charge is 0.493 e. The third kappa shape index (κ3) is 6.55. The van der Waals surface area contributed by atoms with Gasteiger partial charge in [-0.3, -0.25) is 19.3 Å². The Morgan fingerprint density at radius 3 is 2.71 bits per heavy atom. The van der Waals surface area contributed by atoms with Crippen LogP contribution in [0.3, 0.4) is 0 Å². The van der Waals surface area contributed by atoms with Gasteiger partial charge in [0.25, 0.3) is 11.1 Å². The number of esters is 1. The topological polar surface area (TPSA) is 82.1 Å². The van der Waals surface area contributed by atoms with E-state index in [0.29, 0.717) is 26.6 Å². The number of unbranched alkanes of at least 4 members (excludes halogenated alkanes) is 1. The summed E-state index contributed by atoms with van der Waals surface area (Å²) in [5.74, 6) is -0.244. The number of halogens is 2. The molecule has 1 heterocycles. The molecule has 34 heavy (non-hydrogen) atoms. The number of hydrogen-bond donors (Lipinski definition) is 0. The maximum atomic E-state index is 12.7. The second kappa shape index (κ2) is 12.3. The van der Waals surface area contributed by atoms with Gasteiger partial charge in [-0.05, 0) is 64.0 Å². The molecule has 0 spiro atoms. The van der Waals surface area contributed by atoms with Crippen molar-refractivity contribution >= 4 is 62.5 Å². The molecule has 2 aromatic carbocycles. The van der Waals surface area contributed by atoms with Crippen LogP contribution in [0.2, 0.25) is 5.02 Å². The lowest BCUT2D eigenvalue weighted by Crippen LogP contribution is -2.34. The fraction of sp³-hybridized carbons (Fsp3) is 0.292. The van der Waals surface area contributed by atoms with Gasteiger partial charge in [0.1, 0.15) is 13.2 Å². The third-order valence-electron chi connectivity index (χ3n) is 4.80. The van der Waals surface area contributed by atoms with E-state index in [1.54, 1.807) is 24.3 Å². The predicted molar refractivity (Wildman–Crippen MR) is 135 cm³/mol. The van der Waals surface area contributed by atoms with Crippen molar-refractivity contribution in [2.75, 3.05) is 20.3 Å². The molecule has 0 aromatic heterocycles. The lowest BCUT2D eigenvalue weighted by Gasteiger charge is -2.14. The fourth-order valence-electron chi connectivity index (χ4n) is 3.02. The number of ether oxygens (including phenoxy) is 3. The van der Waals surface area contributed by atoms with Gasteiger partial charge in [-0.2, -0.15) is 0 Å². The average Bonchev–Trinajstić information content (AvgIpc) is 3.06. The zero-order chi connectivity index (χ0) is 24.7. The number of carbonyl (C=O) groups is 3. The molecule has 0 N–H and O–H groups in total. The molecule has 7 nitrogen and oxygen atoms in total. The first-order valence-corrected chi connectivity index (χ1v) is 12.5. The normalized spacial score (nSPS) is 14.6. The lowest BCUT2D eigenvalue weighted by atomic mass is 10.1. The summed E-state index contributed by atoms with van der Waals surface area (Å²) >= 11 is 10.5. The van der Waals surface area contributed by atoms with Crippen molar-refractivity contribution in [1.82, 2.24) is 4.90 Å². The maximum absolute atomic E-state index is 12.7. The molecule has 1 aliphatic heterocycles. The molecule has 10 heteroatoms. The van der Waals surface area contributed by atoms with Crippen molar-refractivity contribution in [3.05, 3.63) is 61.9 Å². The summed E-state index contributed by atoms with van der Waals surface area (Å²) in [7, 11) is 1.51. The Labute approximate surface area is 215 Å². The van der Waals surface area contributed by atoms with E-state index in [0.717, 1.165) is 35.1 Å². The van der Waals surface area contributed by atoms with Crippen LogP contribution in [-0.2, 0) is 20.9 Å². The molecule has 1 aliphatic rings. The minimum Gasteiger partial charge on any atom is -0.493 e. The molecule has 180 valence electrons. The number of benzene rings is 2. The Hall–Kier alpha value is -2.49. The predicted octanol–water partition coefficient (Wildman–Crippen LogP) is 6.07. The van der Waals surface area contributed by atoms with Crippen molar-refractivity contribution in [3.63, 3.8) is 0 Å². The molecule has 2 aromatic rings. The van der Waals surface area contributed by atoms with Crippen LogP contribution >= 0.6 is 39.3 Å². The van der Waals surface area contributed by atoms with Crippen LogP contribution in [-0.4, -0.2) is 42.3 Å². The Kier molecular flexibility index (Phi) is 9.44. The second-order valence-electron chi connectivity index (χ2n) is 7.26. The molecule has 2 amide bonds. The van der Waals surface area contributed by atoms with Crippen LogP contribution in [0.5, 0.6) is 11.5 Å². The Morgan fingerprint density at radius 2 is 2.00 bits per heavy atom. The highest BCUT2D eigenvalue weighted by molar-refractivity contribution is 9.10. The van der Waals surface area contributed by atoms with Crippen LogP contribution in [0.4, 0.5) is 4.79 Å². The highest BCUT2D eigenvalue weighted by Crippen LogP contribution is 2.39. The van der Waals surface area contributed by atoms with Crippen LogP contribution in [0.1, 0.15) is 30.9 Å². The molecular weight excluding hydrogens is 546 g/mol.